The van der Waals surface area contributed by atoms with Crippen molar-refractivity contribution >= 4 is 15.7 Å². The van der Waals surface area contributed by atoms with E-state index in [9.17, 15) is 0 Å². The van der Waals surface area contributed by atoms with Crippen LogP contribution in [0.4, 0.5) is 0 Å². The molecule has 0 aliphatic heterocycles. The van der Waals surface area contributed by atoms with Crippen LogP contribution in [0.1, 0.15) is 27.2 Å². The molecular formula is C8H20B2. The zero-order valence-electron chi connectivity index (χ0n) is 8.20. The summed E-state index contributed by atoms with van der Waals surface area (Å²) >= 11 is 0. The molecule has 0 heterocycles. The molecule has 0 amide bonds. The molecule has 0 rings (SSSR count). The minimum atomic E-state index is 0.552. The van der Waals surface area contributed by atoms with Gasteiger partial charge in [0.25, 0.3) is 0 Å². The largest absolute Gasteiger partial charge is 0.102 e. The Morgan fingerprint density at radius 2 is 1.80 bits per heavy atom. The Bertz CT molecular complexity index is 89.3. The van der Waals surface area contributed by atoms with Crippen molar-refractivity contribution in [3.8, 4) is 0 Å². The third kappa shape index (κ3) is 2.81. The van der Waals surface area contributed by atoms with Gasteiger partial charge in [-0.15, -0.1) is 0 Å². The molecule has 0 unspecified atom stereocenters. The van der Waals surface area contributed by atoms with Crippen molar-refractivity contribution < 1.29 is 0 Å². The third-order valence-corrected chi connectivity index (χ3v) is 2.97. The molecule has 0 fully saturated rings. The van der Waals surface area contributed by atoms with E-state index in [1.807, 2.05) is 0 Å². The molecule has 58 valence electrons. The lowest BCUT2D eigenvalue weighted by molar-refractivity contribution is 0.255. The van der Waals surface area contributed by atoms with Gasteiger partial charge in [-0.3, -0.25) is 0 Å². The average molecular weight is 138 g/mol. The summed E-state index contributed by atoms with van der Waals surface area (Å²) in [6, 6.07) is 0. The Morgan fingerprint density at radius 3 is 2.10 bits per heavy atom. The molecule has 0 aromatic heterocycles. The van der Waals surface area contributed by atoms with Crippen LogP contribution in [0.25, 0.3) is 0 Å². The van der Waals surface area contributed by atoms with E-state index in [1.165, 1.54) is 19.1 Å². The number of hydrogen-bond acceptors (Lipinski definition) is 0. The van der Waals surface area contributed by atoms with Crippen molar-refractivity contribution in [2.24, 2.45) is 11.3 Å². The van der Waals surface area contributed by atoms with Gasteiger partial charge in [-0.2, -0.15) is 0 Å². The van der Waals surface area contributed by atoms with Crippen LogP contribution in [-0.2, 0) is 0 Å². The maximum atomic E-state index is 2.37. The highest BCUT2D eigenvalue weighted by Crippen LogP contribution is 2.32. The lowest BCUT2D eigenvalue weighted by atomic mass is 9.68. The van der Waals surface area contributed by atoms with Gasteiger partial charge in [0, 0.05) is 0 Å². The maximum Gasteiger partial charge on any atom is 0.102 e. The lowest BCUT2D eigenvalue weighted by Gasteiger charge is -2.30. The summed E-state index contributed by atoms with van der Waals surface area (Å²) in [5, 5.41) is 0. The number of rotatable bonds is 4. The van der Waals surface area contributed by atoms with E-state index in [2.05, 4.69) is 36.5 Å². The highest BCUT2D eigenvalue weighted by atomic mass is 14.3. The van der Waals surface area contributed by atoms with Gasteiger partial charge in [0.1, 0.15) is 15.7 Å². The Balaban J connectivity index is 3.78. The second-order valence-electron chi connectivity index (χ2n) is 4.03. The van der Waals surface area contributed by atoms with Gasteiger partial charge in [0.15, 0.2) is 0 Å². The standard InChI is InChI=1S/C8H20B2/c1-7(4-5-9)8(2,3)6-10/h7H,4-6,9-10H2,1-3H3/t7-/m1/s1. The maximum absolute atomic E-state index is 2.37. The predicted octanol–water partition coefficient (Wildman–Crippen LogP) is 1.14. The second kappa shape index (κ2) is 4.10. The van der Waals surface area contributed by atoms with Crippen LogP contribution in [0.15, 0.2) is 0 Å². The van der Waals surface area contributed by atoms with Gasteiger partial charge < -0.3 is 0 Å². The van der Waals surface area contributed by atoms with E-state index in [0.717, 1.165) is 5.92 Å². The first-order valence-electron chi connectivity index (χ1n) is 4.54. The van der Waals surface area contributed by atoms with Gasteiger partial charge in [-0.25, -0.2) is 0 Å². The Morgan fingerprint density at radius 1 is 1.30 bits per heavy atom. The summed E-state index contributed by atoms with van der Waals surface area (Å²) in [7, 11) is 4.55. The predicted molar refractivity (Wildman–Crippen MR) is 54.3 cm³/mol. The SMILES string of the molecule is BCC[C@@H](C)C(C)(C)CB. The monoisotopic (exact) mass is 138 g/mol. The first-order chi connectivity index (χ1) is 4.54. The quantitative estimate of drug-likeness (QED) is 0.511. The zero-order valence-corrected chi connectivity index (χ0v) is 8.20. The van der Waals surface area contributed by atoms with Gasteiger partial charge in [0.05, 0.1) is 0 Å². The molecule has 0 radical (unpaired) electrons. The van der Waals surface area contributed by atoms with Crippen molar-refractivity contribution in [3.63, 3.8) is 0 Å². The summed E-state index contributed by atoms with van der Waals surface area (Å²) in [5.41, 5.74) is 0.552. The van der Waals surface area contributed by atoms with Gasteiger partial charge in [-0.1, -0.05) is 39.8 Å². The summed E-state index contributed by atoms with van der Waals surface area (Å²) < 4.78 is 0. The normalized spacial score (nSPS) is 15.1. The molecule has 0 nitrogen and oxygen atoms in total. The van der Waals surface area contributed by atoms with Crippen LogP contribution >= 0.6 is 0 Å². The topological polar surface area (TPSA) is 0 Å². The van der Waals surface area contributed by atoms with Gasteiger partial charge in [-0.05, 0) is 11.3 Å². The minimum Gasteiger partial charge on any atom is -0.0808 e. The molecule has 0 aliphatic rings. The van der Waals surface area contributed by atoms with E-state index in [0.29, 0.717) is 5.41 Å². The molecule has 0 saturated carbocycles. The molecule has 0 bridgehead atoms. The molecule has 0 aliphatic carbocycles. The minimum absolute atomic E-state index is 0.552. The molecule has 0 aromatic rings. The molecule has 0 N–H and O–H groups in total. The molecule has 10 heavy (non-hydrogen) atoms. The molecule has 0 spiro atoms. The summed E-state index contributed by atoms with van der Waals surface area (Å²) in [4.78, 5) is 0. The molecule has 2 heteroatoms. The zero-order chi connectivity index (χ0) is 8.20. The summed E-state index contributed by atoms with van der Waals surface area (Å²) in [6.45, 7) is 7.10. The highest BCUT2D eigenvalue weighted by molar-refractivity contribution is 6.09. The third-order valence-electron chi connectivity index (χ3n) is 2.97. The van der Waals surface area contributed by atoms with Crippen molar-refractivity contribution in [1.82, 2.24) is 0 Å². The average Bonchev–Trinajstić information content (AvgIpc) is 1.89. The van der Waals surface area contributed by atoms with Crippen LogP contribution < -0.4 is 0 Å². The Hall–Kier alpha value is 0.130. The highest BCUT2D eigenvalue weighted by Gasteiger charge is 2.21. The van der Waals surface area contributed by atoms with Crippen LogP contribution in [0.5, 0.6) is 0 Å². The van der Waals surface area contributed by atoms with E-state index >= 15 is 0 Å². The van der Waals surface area contributed by atoms with Crippen LogP contribution in [0.3, 0.4) is 0 Å². The van der Waals surface area contributed by atoms with Crippen molar-refractivity contribution in [2.75, 3.05) is 0 Å². The van der Waals surface area contributed by atoms with E-state index in [4.69, 9.17) is 0 Å². The van der Waals surface area contributed by atoms with Crippen molar-refractivity contribution in [3.05, 3.63) is 0 Å². The summed E-state index contributed by atoms with van der Waals surface area (Å²) in [5.74, 6) is 0.877. The molecule has 1 atom stereocenters. The Kier molecular flexibility index (Phi) is 4.15. The fourth-order valence-corrected chi connectivity index (χ4v) is 1.17. The summed E-state index contributed by atoms with van der Waals surface area (Å²) in [6.07, 6.45) is 4.00. The first kappa shape index (κ1) is 10.1. The smallest absolute Gasteiger partial charge is 0.0808 e. The lowest BCUT2D eigenvalue weighted by Crippen LogP contribution is -2.20. The van der Waals surface area contributed by atoms with Crippen LogP contribution in [0, 0.1) is 11.3 Å². The van der Waals surface area contributed by atoms with E-state index < -0.39 is 0 Å². The fraction of sp³-hybridized carbons (Fsp3) is 1.00. The molecule has 0 aromatic carbocycles. The molecular weight excluding hydrogens is 118 g/mol. The fourth-order valence-electron chi connectivity index (χ4n) is 1.17. The van der Waals surface area contributed by atoms with Crippen LogP contribution in [-0.4, -0.2) is 15.7 Å². The van der Waals surface area contributed by atoms with Crippen molar-refractivity contribution in [2.45, 2.75) is 39.8 Å². The van der Waals surface area contributed by atoms with E-state index in [1.54, 1.807) is 0 Å². The van der Waals surface area contributed by atoms with Gasteiger partial charge >= 0.3 is 0 Å². The van der Waals surface area contributed by atoms with Crippen LogP contribution in [0.2, 0.25) is 12.6 Å². The first-order valence-corrected chi connectivity index (χ1v) is 4.54. The van der Waals surface area contributed by atoms with Crippen molar-refractivity contribution in [1.29, 1.82) is 0 Å². The molecule has 0 saturated heterocycles. The van der Waals surface area contributed by atoms with E-state index in [-0.39, 0.29) is 0 Å². The second-order valence-corrected chi connectivity index (χ2v) is 4.03. The Labute approximate surface area is 67.6 Å². The number of hydrogen-bond donors (Lipinski definition) is 0. The van der Waals surface area contributed by atoms with Gasteiger partial charge in [0.2, 0.25) is 0 Å².